The number of carbonyl (C=O) groups excluding carboxylic acids is 1. The van der Waals surface area contributed by atoms with Crippen molar-refractivity contribution in [1.82, 2.24) is 10.6 Å². The maximum atomic E-state index is 11.9. The molecule has 102 valence electrons. The molecule has 1 aliphatic heterocycles. The highest BCUT2D eigenvalue weighted by Crippen LogP contribution is 2.10. The van der Waals surface area contributed by atoms with Gasteiger partial charge >= 0.3 is 0 Å². The van der Waals surface area contributed by atoms with E-state index in [1.165, 1.54) is 0 Å². The Balaban J connectivity index is 0.00000256. The summed E-state index contributed by atoms with van der Waals surface area (Å²) in [7, 11) is 1.68. The molecule has 1 rings (SSSR count). The average Bonchev–Trinajstić information content (AvgIpc) is 2.79. The summed E-state index contributed by atoms with van der Waals surface area (Å²) in [6.45, 7) is 2.76. The van der Waals surface area contributed by atoms with Gasteiger partial charge in [-0.2, -0.15) is 0 Å². The Bertz CT molecular complexity index is 214. The number of hydrogen-bond donors (Lipinski definition) is 2. The molecule has 0 spiro atoms. The lowest BCUT2D eigenvalue weighted by Crippen LogP contribution is -2.47. The Kier molecular flexibility index (Phi) is 10.0. The van der Waals surface area contributed by atoms with E-state index in [9.17, 15) is 4.79 Å². The molecule has 0 aromatic carbocycles. The number of nitrogens with one attached hydrogen (secondary N) is 2. The zero-order chi connectivity index (χ0) is 11.8. The highest BCUT2D eigenvalue weighted by molar-refractivity contribution is 7.99. The van der Waals surface area contributed by atoms with E-state index in [0.29, 0.717) is 6.61 Å². The number of rotatable bonds is 7. The van der Waals surface area contributed by atoms with Crippen LogP contribution in [0.4, 0.5) is 0 Å². The van der Waals surface area contributed by atoms with E-state index in [1.54, 1.807) is 18.9 Å². The second-order valence-corrected chi connectivity index (χ2v) is 5.11. The minimum Gasteiger partial charge on any atom is -0.383 e. The van der Waals surface area contributed by atoms with Crippen molar-refractivity contribution in [2.24, 2.45) is 0 Å². The van der Waals surface area contributed by atoms with Crippen LogP contribution in [-0.4, -0.2) is 43.3 Å². The third-order valence-electron chi connectivity index (χ3n) is 2.65. The van der Waals surface area contributed by atoms with Crippen molar-refractivity contribution in [2.45, 2.75) is 38.3 Å². The molecule has 2 N–H and O–H groups in total. The topological polar surface area (TPSA) is 50.4 Å². The van der Waals surface area contributed by atoms with E-state index in [0.717, 1.165) is 30.9 Å². The zero-order valence-corrected chi connectivity index (χ0v) is 12.2. The van der Waals surface area contributed by atoms with Gasteiger partial charge in [0.25, 0.3) is 0 Å². The highest BCUT2D eigenvalue weighted by Gasteiger charge is 2.24. The van der Waals surface area contributed by atoms with E-state index < -0.39 is 0 Å². The molecule has 6 heteroatoms. The minimum atomic E-state index is -0.0222. The first-order chi connectivity index (χ1) is 7.77. The van der Waals surface area contributed by atoms with Gasteiger partial charge < -0.3 is 10.1 Å². The Labute approximate surface area is 114 Å². The molecule has 0 radical (unpaired) electrons. The van der Waals surface area contributed by atoms with E-state index in [-0.39, 0.29) is 30.4 Å². The van der Waals surface area contributed by atoms with Crippen LogP contribution in [0.1, 0.15) is 26.2 Å². The number of hydrogen-bond acceptors (Lipinski definition) is 4. The molecule has 1 heterocycles. The molecule has 1 fully saturated rings. The molecule has 1 aliphatic rings. The lowest BCUT2D eigenvalue weighted by molar-refractivity contribution is -0.123. The second-order valence-electron chi connectivity index (χ2n) is 4.07. The monoisotopic (exact) mass is 282 g/mol. The number of ether oxygens (including phenoxy) is 1. The van der Waals surface area contributed by atoms with Gasteiger partial charge in [-0.05, 0) is 6.42 Å². The first kappa shape index (κ1) is 17.0. The molecule has 2 unspecified atom stereocenters. The third kappa shape index (κ3) is 6.50. The Morgan fingerprint density at radius 1 is 1.65 bits per heavy atom. The van der Waals surface area contributed by atoms with E-state index >= 15 is 0 Å². The van der Waals surface area contributed by atoms with Crippen LogP contribution in [0.25, 0.3) is 0 Å². The minimum absolute atomic E-state index is 0. The molecule has 0 bridgehead atoms. The Hall–Kier alpha value is 0.0300. The average molecular weight is 283 g/mol. The third-order valence-corrected chi connectivity index (χ3v) is 3.59. The maximum Gasteiger partial charge on any atom is 0.238 e. The van der Waals surface area contributed by atoms with Gasteiger partial charge in [0, 0.05) is 18.7 Å². The summed E-state index contributed by atoms with van der Waals surface area (Å²) >= 11 is 1.77. The van der Waals surface area contributed by atoms with Crippen LogP contribution in [0.5, 0.6) is 0 Å². The summed E-state index contributed by atoms with van der Waals surface area (Å²) < 4.78 is 5.12. The number of thioether (sulfide) groups is 1. The van der Waals surface area contributed by atoms with Gasteiger partial charge in [0.1, 0.15) is 0 Å². The van der Waals surface area contributed by atoms with Crippen molar-refractivity contribution in [3.05, 3.63) is 0 Å². The number of carbonyl (C=O) groups is 1. The Morgan fingerprint density at radius 3 is 2.94 bits per heavy atom. The molecule has 0 aromatic heterocycles. The smallest absolute Gasteiger partial charge is 0.238 e. The van der Waals surface area contributed by atoms with Crippen LogP contribution in [0.3, 0.4) is 0 Å². The molecule has 0 aliphatic carbocycles. The second kappa shape index (κ2) is 10.00. The summed E-state index contributed by atoms with van der Waals surface area (Å²) in [5.74, 6) is 1.87. The maximum absolute atomic E-state index is 11.9. The number of halogens is 1. The molecule has 17 heavy (non-hydrogen) atoms. The van der Waals surface area contributed by atoms with Crippen molar-refractivity contribution < 1.29 is 9.53 Å². The van der Waals surface area contributed by atoms with Gasteiger partial charge in [-0.25, -0.2) is 0 Å². The number of methoxy groups -OCH3 is 1. The van der Waals surface area contributed by atoms with Crippen LogP contribution in [-0.2, 0) is 9.53 Å². The van der Waals surface area contributed by atoms with Gasteiger partial charge in [-0.1, -0.05) is 19.8 Å². The summed E-state index contributed by atoms with van der Waals surface area (Å²) in [5.41, 5.74) is 0. The summed E-state index contributed by atoms with van der Waals surface area (Å²) in [4.78, 5) is 11.9. The van der Waals surface area contributed by atoms with Crippen molar-refractivity contribution in [2.75, 3.05) is 25.3 Å². The summed E-state index contributed by atoms with van der Waals surface area (Å²) in [5, 5.41) is 6.22. The van der Waals surface area contributed by atoms with Crippen molar-refractivity contribution in [1.29, 1.82) is 0 Å². The van der Waals surface area contributed by atoms with E-state index in [1.807, 2.05) is 0 Å². The first-order valence-electron chi connectivity index (χ1n) is 5.88. The molecule has 0 aromatic rings. The van der Waals surface area contributed by atoms with Crippen LogP contribution >= 0.6 is 24.2 Å². The SMILES string of the molecule is CCCCC(COC)NC(=O)C1CSCN1.Cl. The number of amides is 1. The number of unbranched alkanes of at least 4 members (excludes halogenated alkanes) is 1. The lowest BCUT2D eigenvalue weighted by Gasteiger charge is -2.19. The molecule has 1 amide bonds. The summed E-state index contributed by atoms with van der Waals surface area (Å²) in [6, 6.07) is 0.135. The molecular formula is C11H23ClN2O2S. The van der Waals surface area contributed by atoms with Crippen molar-refractivity contribution in [3.63, 3.8) is 0 Å². The fraction of sp³-hybridized carbons (Fsp3) is 0.909. The zero-order valence-electron chi connectivity index (χ0n) is 10.5. The van der Waals surface area contributed by atoms with Crippen molar-refractivity contribution >= 4 is 30.1 Å². The molecule has 1 saturated heterocycles. The fourth-order valence-electron chi connectivity index (χ4n) is 1.71. The van der Waals surface area contributed by atoms with Crippen LogP contribution < -0.4 is 10.6 Å². The van der Waals surface area contributed by atoms with Gasteiger partial charge in [-0.3, -0.25) is 10.1 Å². The molecule has 0 saturated carbocycles. The quantitative estimate of drug-likeness (QED) is 0.741. The van der Waals surface area contributed by atoms with Crippen LogP contribution in [0.2, 0.25) is 0 Å². The van der Waals surface area contributed by atoms with Gasteiger partial charge in [0.05, 0.1) is 18.7 Å². The normalized spacial score (nSPS) is 20.7. The molecule has 4 nitrogen and oxygen atoms in total. The Morgan fingerprint density at radius 2 is 2.41 bits per heavy atom. The standard InChI is InChI=1S/C11H22N2O2S.ClH/c1-3-4-5-9(6-15-2)13-11(14)10-7-16-8-12-10;/h9-10,12H,3-8H2,1-2H3,(H,13,14);1H. The van der Waals surface area contributed by atoms with Crippen LogP contribution in [0, 0.1) is 0 Å². The van der Waals surface area contributed by atoms with Gasteiger partial charge in [0.2, 0.25) is 5.91 Å². The van der Waals surface area contributed by atoms with Crippen molar-refractivity contribution in [3.8, 4) is 0 Å². The predicted molar refractivity (Wildman–Crippen MR) is 74.8 cm³/mol. The van der Waals surface area contributed by atoms with Crippen LogP contribution in [0.15, 0.2) is 0 Å². The van der Waals surface area contributed by atoms with Gasteiger partial charge in [-0.15, -0.1) is 24.2 Å². The first-order valence-corrected chi connectivity index (χ1v) is 7.03. The highest BCUT2D eigenvalue weighted by atomic mass is 35.5. The van der Waals surface area contributed by atoms with E-state index in [2.05, 4.69) is 17.6 Å². The fourth-order valence-corrected chi connectivity index (χ4v) is 2.66. The predicted octanol–water partition coefficient (Wildman–Crippen LogP) is 1.39. The lowest BCUT2D eigenvalue weighted by atomic mass is 10.1. The molecular weight excluding hydrogens is 260 g/mol. The largest absolute Gasteiger partial charge is 0.383 e. The van der Waals surface area contributed by atoms with Gasteiger partial charge in [0.15, 0.2) is 0 Å². The summed E-state index contributed by atoms with van der Waals surface area (Å²) in [6.07, 6.45) is 3.27. The van der Waals surface area contributed by atoms with E-state index in [4.69, 9.17) is 4.74 Å². The molecule has 2 atom stereocenters.